The number of hydrogen-bond acceptors (Lipinski definition) is 6. The van der Waals surface area contributed by atoms with Gasteiger partial charge >= 0.3 is 0 Å². The third-order valence-corrected chi connectivity index (χ3v) is 7.03. The van der Waals surface area contributed by atoms with Crippen LogP contribution in [-0.4, -0.2) is 56.7 Å². The van der Waals surface area contributed by atoms with Crippen molar-refractivity contribution in [3.8, 4) is 5.75 Å². The fourth-order valence-corrected chi connectivity index (χ4v) is 5.26. The first-order chi connectivity index (χ1) is 14.6. The van der Waals surface area contributed by atoms with Crippen LogP contribution in [0.15, 0.2) is 47.4 Å². The molecular weight excluding hydrogens is 418 g/mol. The molecule has 3 atom stereocenters. The van der Waals surface area contributed by atoms with Crippen molar-refractivity contribution in [2.24, 2.45) is 5.92 Å². The topological polar surface area (TPSA) is 96.3 Å². The van der Waals surface area contributed by atoms with Gasteiger partial charge in [0.05, 0.1) is 17.2 Å². The lowest BCUT2D eigenvalue weighted by molar-refractivity contribution is -0.0000991. The Bertz CT molecular complexity index is 990. The second kappa shape index (κ2) is 9.56. The molecule has 0 saturated carbocycles. The van der Waals surface area contributed by atoms with Crippen molar-refractivity contribution in [1.29, 1.82) is 0 Å². The molecule has 170 valence electrons. The van der Waals surface area contributed by atoms with E-state index in [0.717, 1.165) is 11.1 Å². The van der Waals surface area contributed by atoms with E-state index in [1.807, 2.05) is 45.9 Å². The molecule has 0 spiro atoms. The van der Waals surface area contributed by atoms with E-state index < -0.39 is 28.3 Å². The van der Waals surface area contributed by atoms with Crippen LogP contribution >= 0.6 is 0 Å². The van der Waals surface area contributed by atoms with Crippen molar-refractivity contribution in [1.82, 2.24) is 0 Å². The van der Waals surface area contributed by atoms with Crippen molar-refractivity contribution in [3.63, 3.8) is 0 Å². The van der Waals surface area contributed by atoms with Crippen LogP contribution in [0.5, 0.6) is 5.75 Å². The Morgan fingerprint density at radius 1 is 1.13 bits per heavy atom. The minimum atomic E-state index is -3.77. The number of aliphatic hydroxyl groups is 2. The molecule has 0 aliphatic carbocycles. The molecule has 0 radical (unpaired) electrons. The van der Waals surface area contributed by atoms with Crippen LogP contribution in [0.2, 0.25) is 0 Å². The van der Waals surface area contributed by atoms with Crippen LogP contribution in [0.3, 0.4) is 0 Å². The Kier molecular flexibility index (Phi) is 7.26. The van der Waals surface area contributed by atoms with E-state index in [0.29, 0.717) is 18.0 Å². The molecule has 2 aromatic rings. The predicted molar refractivity (Wildman–Crippen MR) is 119 cm³/mol. The Labute approximate surface area is 184 Å². The highest BCUT2D eigenvalue weighted by Crippen LogP contribution is 2.29. The van der Waals surface area contributed by atoms with Crippen LogP contribution in [-0.2, 0) is 14.8 Å². The quantitative estimate of drug-likeness (QED) is 0.643. The number of sulfonamides is 1. The molecule has 31 heavy (non-hydrogen) atoms. The third-order valence-electron chi connectivity index (χ3n) is 5.23. The molecular formula is C23H31NO6S. The molecule has 2 aromatic carbocycles. The summed E-state index contributed by atoms with van der Waals surface area (Å²) in [6.07, 6.45) is -2.54. The Morgan fingerprint density at radius 3 is 2.35 bits per heavy atom. The van der Waals surface area contributed by atoms with Crippen molar-refractivity contribution < 1.29 is 28.1 Å². The molecule has 8 heteroatoms. The molecule has 1 heterocycles. The molecule has 2 N–H and O–H groups in total. The summed E-state index contributed by atoms with van der Waals surface area (Å²) in [4.78, 5) is 0.174. The van der Waals surface area contributed by atoms with Gasteiger partial charge in [-0.15, -0.1) is 0 Å². The number of benzene rings is 2. The molecule has 3 rings (SSSR count). The van der Waals surface area contributed by atoms with Gasteiger partial charge in [-0.25, -0.2) is 8.42 Å². The van der Waals surface area contributed by atoms with E-state index in [4.69, 9.17) is 9.47 Å². The smallest absolute Gasteiger partial charge is 0.264 e. The summed E-state index contributed by atoms with van der Waals surface area (Å²) >= 11 is 0. The van der Waals surface area contributed by atoms with Crippen LogP contribution < -0.4 is 9.04 Å². The molecule has 1 saturated heterocycles. The highest BCUT2D eigenvalue weighted by atomic mass is 32.2. The summed E-state index contributed by atoms with van der Waals surface area (Å²) in [5, 5.41) is 19.4. The van der Waals surface area contributed by atoms with Crippen LogP contribution in [0.25, 0.3) is 0 Å². The van der Waals surface area contributed by atoms with Gasteiger partial charge in [-0.2, -0.15) is 0 Å². The van der Waals surface area contributed by atoms with Crippen molar-refractivity contribution in [2.45, 2.75) is 50.9 Å². The van der Waals surface area contributed by atoms with Gasteiger partial charge < -0.3 is 19.7 Å². The van der Waals surface area contributed by atoms with Gasteiger partial charge in [0.2, 0.25) is 0 Å². The zero-order valence-electron chi connectivity index (χ0n) is 18.4. The van der Waals surface area contributed by atoms with Crippen molar-refractivity contribution >= 4 is 15.7 Å². The Morgan fingerprint density at radius 2 is 1.81 bits per heavy atom. The first-order valence-corrected chi connectivity index (χ1v) is 11.8. The molecule has 3 unspecified atom stereocenters. The Balaban J connectivity index is 1.80. The summed E-state index contributed by atoms with van der Waals surface area (Å²) in [5.74, 6) is 0.601. The lowest BCUT2D eigenvalue weighted by Crippen LogP contribution is -2.35. The second-order valence-corrected chi connectivity index (χ2v) is 10.3. The van der Waals surface area contributed by atoms with Crippen LogP contribution in [0, 0.1) is 19.8 Å². The largest absolute Gasteiger partial charge is 0.491 e. The molecule has 1 aliphatic rings. The minimum absolute atomic E-state index is 0.0619. The van der Waals surface area contributed by atoms with E-state index in [-0.39, 0.29) is 24.0 Å². The number of aryl methyl sites for hydroxylation is 2. The number of anilines is 1. The zero-order chi connectivity index (χ0) is 22.8. The molecule has 0 aromatic heterocycles. The molecule has 0 amide bonds. The lowest BCUT2D eigenvalue weighted by atomic mass is 10.1. The maximum atomic E-state index is 13.5. The van der Waals surface area contributed by atoms with Gasteiger partial charge in [0.15, 0.2) is 0 Å². The van der Waals surface area contributed by atoms with Gasteiger partial charge in [0.25, 0.3) is 10.0 Å². The number of nitrogens with zero attached hydrogens (tertiary/aromatic N) is 1. The average molecular weight is 450 g/mol. The van der Waals surface area contributed by atoms with Crippen molar-refractivity contribution in [2.75, 3.05) is 24.1 Å². The van der Waals surface area contributed by atoms with Gasteiger partial charge in [-0.1, -0.05) is 31.5 Å². The summed E-state index contributed by atoms with van der Waals surface area (Å²) in [7, 11) is -3.77. The van der Waals surface area contributed by atoms with E-state index in [1.54, 1.807) is 12.1 Å². The maximum absolute atomic E-state index is 13.5. The van der Waals surface area contributed by atoms with Crippen LogP contribution in [0.1, 0.15) is 25.0 Å². The standard InChI is InChI=1S/C23H31NO6S/c1-15(2)12-24(20-10-5-16(3)11-17(20)4)31(27,28)19-8-6-18(7-9-19)29-14-22-23(26)21(25)13-30-22/h5-11,15,21-23,25-26H,12-14H2,1-4H3. The predicted octanol–water partition coefficient (Wildman–Crippen LogP) is 2.65. The first-order valence-electron chi connectivity index (χ1n) is 10.4. The first kappa shape index (κ1) is 23.5. The summed E-state index contributed by atoms with van der Waals surface area (Å²) in [6, 6.07) is 11.9. The fraction of sp³-hybridized carbons (Fsp3) is 0.478. The van der Waals surface area contributed by atoms with Gasteiger partial charge in [-0.05, 0) is 55.7 Å². The van der Waals surface area contributed by atoms with E-state index in [1.165, 1.54) is 16.4 Å². The van der Waals surface area contributed by atoms with Gasteiger partial charge in [0.1, 0.15) is 30.7 Å². The summed E-state index contributed by atoms with van der Waals surface area (Å²) in [6.45, 7) is 8.36. The lowest BCUT2D eigenvalue weighted by Gasteiger charge is -2.28. The van der Waals surface area contributed by atoms with Gasteiger partial charge in [-0.3, -0.25) is 4.31 Å². The molecule has 0 bridgehead atoms. The minimum Gasteiger partial charge on any atom is -0.491 e. The Hall–Kier alpha value is -2.13. The van der Waals surface area contributed by atoms with Gasteiger partial charge in [0, 0.05) is 6.54 Å². The van der Waals surface area contributed by atoms with E-state index >= 15 is 0 Å². The van der Waals surface area contributed by atoms with E-state index in [9.17, 15) is 18.6 Å². The molecule has 1 fully saturated rings. The van der Waals surface area contributed by atoms with Crippen LogP contribution in [0.4, 0.5) is 5.69 Å². The highest BCUT2D eigenvalue weighted by molar-refractivity contribution is 7.92. The number of rotatable bonds is 8. The number of ether oxygens (including phenoxy) is 2. The average Bonchev–Trinajstić information content (AvgIpc) is 3.03. The number of aliphatic hydroxyl groups excluding tert-OH is 2. The highest BCUT2D eigenvalue weighted by Gasteiger charge is 2.35. The normalized spacial score (nSPS) is 21.5. The second-order valence-electron chi connectivity index (χ2n) is 8.43. The van der Waals surface area contributed by atoms with E-state index in [2.05, 4.69) is 0 Å². The monoisotopic (exact) mass is 449 g/mol. The summed E-state index contributed by atoms with van der Waals surface area (Å²) in [5.41, 5.74) is 2.65. The fourth-order valence-electron chi connectivity index (χ4n) is 3.57. The maximum Gasteiger partial charge on any atom is 0.264 e. The number of hydrogen-bond donors (Lipinski definition) is 2. The zero-order valence-corrected chi connectivity index (χ0v) is 19.2. The summed E-state index contributed by atoms with van der Waals surface area (Å²) < 4.78 is 39.3. The third kappa shape index (κ3) is 5.38. The van der Waals surface area contributed by atoms with Crippen molar-refractivity contribution in [3.05, 3.63) is 53.6 Å². The SMILES string of the molecule is Cc1ccc(N(CC(C)C)S(=O)(=O)c2ccc(OCC3OCC(O)C3O)cc2)c(C)c1. The molecule has 7 nitrogen and oxygen atoms in total. The molecule has 1 aliphatic heterocycles.